The molecule has 3 N–H and O–H groups in total. The van der Waals surface area contributed by atoms with Crippen LogP contribution in [0.4, 0.5) is 16.2 Å². The van der Waals surface area contributed by atoms with Crippen molar-refractivity contribution in [2.75, 3.05) is 31.2 Å². The van der Waals surface area contributed by atoms with Crippen LogP contribution in [0.1, 0.15) is 0 Å². The molecule has 1 heterocycles. The van der Waals surface area contributed by atoms with Crippen LogP contribution in [0.15, 0.2) is 24.3 Å². The van der Waals surface area contributed by atoms with Crippen LogP contribution in [0.2, 0.25) is 0 Å². The second kappa shape index (κ2) is 4.97. The average Bonchev–Trinajstić information content (AvgIpc) is 2.56. The number of urea groups is 1. The molecule has 1 aromatic carbocycles. The predicted molar refractivity (Wildman–Crippen MR) is 69.2 cm³/mol. The van der Waals surface area contributed by atoms with E-state index in [2.05, 4.69) is 5.32 Å². The van der Waals surface area contributed by atoms with Gasteiger partial charge in [0.2, 0.25) is 5.91 Å². The Bertz CT molecular complexity index is 544. The van der Waals surface area contributed by atoms with Crippen LogP contribution in [0.3, 0.4) is 0 Å². The van der Waals surface area contributed by atoms with Crippen molar-refractivity contribution in [3.8, 4) is 0 Å². The summed E-state index contributed by atoms with van der Waals surface area (Å²) in [7, 11) is 1.51. The number of likely N-dealkylation sites (N-methyl/N-ethyl adjacent to an activating group) is 1. The molecule has 0 aliphatic carbocycles. The van der Waals surface area contributed by atoms with Crippen molar-refractivity contribution >= 4 is 29.2 Å². The quantitative estimate of drug-likeness (QED) is 0.596. The molecule has 0 aromatic heterocycles. The topological polar surface area (TPSA) is 95.7 Å². The number of amides is 4. The standard InChI is InChI=1S/C12H14N4O3/c1-15-7-11(18)16(12(15)19)6-10(17)14-9-4-2-3-8(13)5-9/h2-5H,6-7,13H2,1H3,(H,14,17). The highest BCUT2D eigenvalue weighted by molar-refractivity contribution is 6.06. The van der Waals surface area contributed by atoms with Gasteiger partial charge in [0.05, 0.1) is 0 Å². The predicted octanol–water partition coefficient (Wildman–Crippen LogP) is 0.101. The lowest BCUT2D eigenvalue weighted by atomic mass is 10.3. The second-order valence-electron chi connectivity index (χ2n) is 4.29. The van der Waals surface area contributed by atoms with Gasteiger partial charge in [0.1, 0.15) is 13.1 Å². The van der Waals surface area contributed by atoms with Gasteiger partial charge in [0, 0.05) is 18.4 Å². The molecule has 0 bridgehead atoms. The molecule has 7 heteroatoms. The Morgan fingerprint density at radius 3 is 2.74 bits per heavy atom. The number of carbonyl (C=O) groups is 3. The van der Waals surface area contributed by atoms with E-state index in [1.165, 1.54) is 11.9 Å². The van der Waals surface area contributed by atoms with Crippen LogP contribution in [0.5, 0.6) is 0 Å². The van der Waals surface area contributed by atoms with Crippen molar-refractivity contribution in [3.05, 3.63) is 24.3 Å². The summed E-state index contributed by atoms with van der Waals surface area (Å²) in [5, 5.41) is 2.58. The first-order valence-electron chi connectivity index (χ1n) is 5.68. The summed E-state index contributed by atoms with van der Waals surface area (Å²) in [4.78, 5) is 37.0. The van der Waals surface area contributed by atoms with Crippen LogP contribution in [0.25, 0.3) is 0 Å². The molecular weight excluding hydrogens is 248 g/mol. The maximum absolute atomic E-state index is 11.8. The first kappa shape index (κ1) is 12.9. The van der Waals surface area contributed by atoms with Crippen LogP contribution < -0.4 is 11.1 Å². The third-order valence-electron chi connectivity index (χ3n) is 2.70. The van der Waals surface area contributed by atoms with Crippen molar-refractivity contribution in [1.29, 1.82) is 0 Å². The van der Waals surface area contributed by atoms with Gasteiger partial charge in [-0.1, -0.05) is 6.07 Å². The second-order valence-corrected chi connectivity index (χ2v) is 4.29. The maximum atomic E-state index is 11.8. The van der Waals surface area contributed by atoms with Crippen LogP contribution in [-0.4, -0.2) is 47.8 Å². The molecule has 19 heavy (non-hydrogen) atoms. The molecule has 7 nitrogen and oxygen atoms in total. The number of nitrogens with zero attached hydrogens (tertiary/aromatic N) is 2. The minimum Gasteiger partial charge on any atom is -0.399 e. The van der Waals surface area contributed by atoms with Gasteiger partial charge in [0.15, 0.2) is 0 Å². The third-order valence-corrected chi connectivity index (χ3v) is 2.70. The number of anilines is 2. The largest absolute Gasteiger partial charge is 0.399 e. The number of benzene rings is 1. The number of carbonyl (C=O) groups excluding carboxylic acids is 3. The molecular formula is C12H14N4O3. The number of nitrogen functional groups attached to an aromatic ring is 1. The molecule has 100 valence electrons. The Morgan fingerprint density at radius 2 is 2.16 bits per heavy atom. The summed E-state index contributed by atoms with van der Waals surface area (Å²) in [5.41, 5.74) is 6.63. The molecule has 1 aromatic rings. The number of rotatable bonds is 3. The lowest BCUT2D eigenvalue weighted by Gasteiger charge is -2.13. The normalized spacial score (nSPS) is 15.0. The van der Waals surface area contributed by atoms with E-state index in [4.69, 9.17) is 5.73 Å². The Hall–Kier alpha value is -2.57. The number of nitrogens with one attached hydrogen (secondary N) is 1. The smallest absolute Gasteiger partial charge is 0.327 e. The fourth-order valence-electron chi connectivity index (χ4n) is 1.78. The highest BCUT2D eigenvalue weighted by atomic mass is 16.2. The van der Waals surface area contributed by atoms with E-state index in [1.54, 1.807) is 24.3 Å². The van der Waals surface area contributed by atoms with Gasteiger partial charge in [-0.05, 0) is 18.2 Å². The van der Waals surface area contributed by atoms with E-state index in [-0.39, 0.29) is 19.0 Å². The van der Waals surface area contributed by atoms with Crippen molar-refractivity contribution in [2.45, 2.75) is 0 Å². The van der Waals surface area contributed by atoms with Gasteiger partial charge in [0.25, 0.3) is 5.91 Å². The van der Waals surface area contributed by atoms with Gasteiger partial charge in [-0.3, -0.25) is 14.5 Å². The van der Waals surface area contributed by atoms with E-state index in [1.807, 2.05) is 0 Å². The van der Waals surface area contributed by atoms with Gasteiger partial charge in [-0.2, -0.15) is 0 Å². The Balaban J connectivity index is 1.98. The molecule has 1 aliphatic heterocycles. The molecule has 0 spiro atoms. The number of hydrogen-bond acceptors (Lipinski definition) is 4. The monoisotopic (exact) mass is 262 g/mol. The molecule has 2 rings (SSSR count). The summed E-state index contributed by atoms with van der Waals surface area (Å²) in [6.07, 6.45) is 0. The first-order chi connectivity index (χ1) is 8.97. The number of hydrogen-bond donors (Lipinski definition) is 2. The highest BCUT2D eigenvalue weighted by Gasteiger charge is 2.34. The van der Waals surface area contributed by atoms with E-state index < -0.39 is 11.9 Å². The van der Waals surface area contributed by atoms with Gasteiger partial charge in [-0.15, -0.1) is 0 Å². The fourth-order valence-corrected chi connectivity index (χ4v) is 1.78. The Kier molecular flexibility index (Phi) is 3.37. The molecule has 0 unspecified atom stereocenters. The summed E-state index contributed by atoms with van der Waals surface area (Å²) >= 11 is 0. The van der Waals surface area contributed by atoms with Gasteiger partial charge < -0.3 is 16.0 Å². The minimum absolute atomic E-state index is 0.00436. The van der Waals surface area contributed by atoms with Gasteiger partial charge >= 0.3 is 6.03 Å². The zero-order valence-electron chi connectivity index (χ0n) is 10.4. The zero-order valence-corrected chi connectivity index (χ0v) is 10.4. The van der Waals surface area contributed by atoms with Gasteiger partial charge in [-0.25, -0.2) is 4.79 Å². The summed E-state index contributed by atoms with van der Waals surface area (Å²) in [6, 6.07) is 6.20. The van der Waals surface area contributed by atoms with E-state index in [0.29, 0.717) is 11.4 Å². The van der Waals surface area contributed by atoms with E-state index >= 15 is 0 Å². The van der Waals surface area contributed by atoms with Crippen LogP contribution >= 0.6 is 0 Å². The highest BCUT2D eigenvalue weighted by Crippen LogP contribution is 2.12. The minimum atomic E-state index is -0.465. The lowest BCUT2D eigenvalue weighted by Crippen LogP contribution is -2.38. The third kappa shape index (κ3) is 2.82. The Labute approximate surface area is 110 Å². The van der Waals surface area contributed by atoms with Crippen molar-refractivity contribution in [2.24, 2.45) is 0 Å². The molecule has 1 fully saturated rings. The van der Waals surface area contributed by atoms with E-state index in [9.17, 15) is 14.4 Å². The number of nitrogens with two attached hydrogens (primary N) is 1. The average molecular weight is 262 g/mol. The van der Waals surface area contributed by atoms with Crippen molar-refractivity contribution in [3.63, 3.8) is 0 Å². The number of imide groups is 1. The summed E-state index contributed by atoms with van der Waals surface area (Å²) < 4.78 is 0. The van der Waals surface area contributed by atoms with E-state index in [0.717, 1.165) is 4.90 Å². The molecule has 1 aliphatic rings. The van der Waals surface area contributed by atoms with Crippen LogP contribution in [-0.2, 0) is 9.59 Å². The Morgan fingerprint density at radius 1 is 1.42 bits per heavy atom. The molecule has 0 radical (unpaired) electrons. The zero-order chi connectivity index (χ0) is 14.0. The molecule has 0 saturated carbocycles. The van der Waals surface area contributed by atoms with Crippen molar-refractivity contribution in [1.82, 2.24) is 9.80 Å². The molecule has 4 amide bonds. The van der Waals surface area contributed by atoms with Crippen molar-refractivity contribution < 1.29 is 14.4 Å². The summed E-state index contributed by atoms with van der Waals surface area (Å²) in [6.45, 7) is -0.290. The SMILES string of the molecule is CN1CC(=O)N(CC(=O)Nc2cccc(N)c2)C1=O. The summed E-state index contributed by atoms with van der Waals surface area (Å²) in [5.74, 6) is -0.821. The lowest BCUT2D eigenvalue weighted by molar-refractivity contribution is -0.129. The molecule has 1 saturated heterocycles. The fraction of sp³-hybridized carbons (Fsp3) is 0.250. The first-order valence-corrected chi connectivity index (χ1v) is 5.68. The van der Waals surface area contributed by atoms with Crippen LogP contribution in [0, 0.1) is 0 Å². The molecule has 0 atom stereocenters. The maximum Gasteiger partial charge on any atom is 0.327 e.